The largest absolute Gasteiger partial charge is 0.396 e. The van der Waals surface area contributed by atoms with E-state index >= 15 is 0 Å². The van der Waals surface area contributed by atoms with Gasteiger partial charge in [0, 0.05) is 17.7 Å². The van der Waals surface area contributed by atoms with Gasteiger partial charge < -0.3 is 60.5 Å². The van der Waals surface area contributed by atoms with Crippen LogP contribution in [-0.4, -0.2) is 132 Å². The first kappa shape index (κ1) is 33.4. The molecule has 0 aromatic heterocycles. The first-order valence-electron chi connectivity index (χ1n) is 14.7. The van der Waals surface area contributed by atoms with Crippen molar-refractivity contribution in [3.63, 3.8) is 0 Å². The van der Waals surface area contributed by atoms with Crippen molar-refractivity contribution in [1.82, 2.24) is 0 Å². The van der Waals surface area contributed by atoms with Gasteiger partial charge in [-0.05, 0) is 58.9 Å². The fraction of sp³-hybridized carbons (Fsp3) is 0.515. The van der Waals surface area contributed by atoms with Crippen LogP contribution in [-0.2, 0) is 15.1 Å². The smallest absolute Gasteiger partial charge is 0.147 e. The number of benzene rings is 2. The summed E-state index contributed by atoms with van der Waals surface area (Å²) in [5.41, 5.74) is 1.85. The fourth-order valence-electron chi connectivity index (χ4n) is 6.08. The second-order valence-electron chi connectivity index (χ2n) is 11.9. The summed E-state index contributed by atoms with van der Waals surface area (Å²) in [5, 5.41) is 102. The summed E-state index contributed by atoms with van der Waals surface area (Å²) in [6, 6.07) is 10.4. The number of hydrogen-bond acceptors (Lipinski definition) is 12. The van der Waals surface area contributed by atoms with Crippen LogP contribution in [0.4, 0.5) is 0 Å². The third-order valence-electron chi connectivity index (χ3n) is 8.68. The van der Waals surface area contributed by atoms with Crippen LogP contribution in [0.3, 0.4) is 0 Å². The third-order valence-corrected chi connectivity index (χ3v) is 8.68. The van der Waals surface area contributed by atoms with Gasteiger partial charge in [-0.25, -0.2) is 0 Å². The molecule has 10 N–H and O–H groups in total. The van der Waals surface area contributed by atoms with Gasteiger partial charge in [-0.3, -0.25) is 0 Å². The molecular formula is C33H38O12. The molecule has 0 saturated carbocycles. The van der Waals surface area contributed by atoms with Gasteiger partial charge in [-0.15, -0.1) is 0 Å². The van der Waals surface area contributed by atoms with Crippen molar-refractivity contribution in [3.8, 4) is 34.8 Å². The summed E-state index contributed by atoms with van der Waals surface area (Å²) in [6.07, 6.45) is -13.6. The molecule has 5 rings (SSSR count). The summed E-state index contributed by atoms with van der Waals surface area (Å²) in [5.74, 6) is 11.0. The Balaban J connectivity index is 1.47. The van der Waals surface area contributed by atoms with Gasteiger partial charge in [0.2, 0.25) is 0 Å². The number of aliphatic hydroxyl groups is 10. The highest BCUT2D eigenvalue weighted by Gasteiger charge is 2.45. The molecule has 2 saturated heterocycles. The van der Waals surface area contributed by atoms with E-state index in [2.05, 4.69) is 23.7 Å². The first-order valence-corrected chi connectivity index (χ1v) is 14.7. The lowest BCUT2D eigenvalue weighted by atomic mass is 9.82. The molecule has 12 nitrogen and oxygen atoms in total. The lowest BCUT2D eigenvalue weighted by molar-refractivity contribution is -0.214. The van der Waals surface area contributed by atoms with Gasteiger partial charge in [0.15, 0.2) is 0 Å². The Labute approximate surface area is 259 Å². The molecule has 12 heteroatoms. The fourth-order valence-corrected chi connectivity index (χ4v) is 6.08. The number of ether oxygens (including phenoxy) is 2. The number of rotatable bonds is 5. The summed E-state index contributed by atoms with van der Waals surface area (Å²) in [4.78, 5) is 0. The monoisotopic (exact) mass is 626 g/mol. The maximum absolute atomic E-state index is 12.2. The van der Waals surface area contributed by atoms with Gasteiger partial charge in [-0.1, -0.05) is 42.7 Å². The first-order chi connectivity index (χ1) is 21.4. The Hall–Kier alpha value is -2.92. The summed E-state index contributed by atoms with van der Waals surface area (Å²) < 4.78 is 11.0. The highest BCUT2D eigenvalue weighted by atomic mass is 16.5. The highest BCUT2D eigenvalue weighted by Crippen LogP contribution is 2.50. The molecular weight excluding hydrogens is 588 g/mol. The molecule has 242 valence electrons. The van der Waals surface area contributed by atoms with Crippen molar-refractivity contribution in [2.24, 2.45) is 5.92 Å². The summed E-state index contributed by atoms with van der Waals surface area (Å²) >= 11 is 0. The van der Waals surface area contributed by atoms with Crippen molar-refractivity contribution in [1.29, 1.82) is 0 Å². The molecule has 0 amide bonds. The maximum Gasteiger partial charge on any atom is 0.147 e. The van der Waals surface area contributed by atoms with Gasteiger partial charge >= 0.3 is 0 Å². The molecule has 0 radical (unpaired) electrons. The molecule has 3 aliphatic rings. The van der Waals surface area contributed by atoms with Crippen LogP contribution in [0.5, 0.6) is 0 Å². The van der Waals surface area contributed by atoms with Gasteiger partial charge in [0.1, 0.15) is 66.6 Å². The average Bonchev–Trinajstić information content (AvgIpc) is 3.28. The Morgan fingerprint density at radius 2 is 1.09 bits per heavy atom. The second kappa shape index (κ2) is 13.4. The lowest BCUT2D eigenvalue weighted by Crippen LogP contribution is -2.58. The molecule has 2 heterocycles. The van der Waals surface area contributed by atoms with Crippen LogP contribution in [0, 0.1) is 29.6 Å². The number of fused-ring (bicyclic) bond motifs is 3. The molecule has 0 spiro atoms. The van der Waals surface area contributed by atoms with E-state index in [1.54, 1.807) is 43.3 Å². The standard InChI is InChI=1S/C33H38O12/c1-16(13-34)12-33(43)21-10-17(4-8-23-27(37)31(41)29(39)25(14-35)44-23)2-6-19(21)20-7-3-18(11-22(20)33)5-9-24-28(38)32(42)30(40)26(15-36)45-24/h2-3,6-7,10-11,16,23-32,34-43H,12-15H2,1H3/t16?,23-,24-,25-,26-,27-,28-,29-,30-,31-,32-/m1/s1. The summed E-state index contributed by atoms with van der Waals surface area (Å²) in [7, 11) is 0. The van der Waals surface area contributed by atoms with Crippen LogP contribution < -0.4 is 0 Å². The van der Waals surface area contributed by atoms with E-state index in [4.69, 9.17) is 9.47 Å². The van der Waals surface area contributed by atoms with E-state index in [0.29, 0.717) is 22.3 Å². The Bertz CT molecular complexity index is 1400. The highest BCUT2D eigenvalue weighted by molar-refractivity contribution is 5.81. The lowest BCUT2D eigenvalue weighted by Gasteiger charge is -2.37. The second-order valence-corrected chi connectivity index (χ2v) is 11.9. The molecule has 0 bridgehead atoms. The normalized spacial score (nSPS) is 34.0. The maximum atomic E-state index is 12.2. The van der Waals surface area contributed by atoms with Crippen molar-refractivity contribution in [2.75, 3.05) is 19.8 Å². The van der Waals surface area contributed by atoms with Gasteiger partial charge in [0.25, 0.3) is 0 Å². The van der Waals surface area contributed by atoms with Crippen LogP contribution in [0.25, 0.3) is 11.1 Å². The Kier molecular flexibility index (Phi) is 9.99. The van der Waals surface area contributed by atoms with E-state index < -0.39 is 79.9 Å². The van der Waals surface area contributed by atoms with Crippen molar-refractivity contribution < 1.29 is 60.5 Å². The summed E-state index contributed by atoms with van der Waals surface area (Å²) in [6.45, 7) is 0.456. The van der Waals surface area contributed by atoms with Crippen LogP contribution in [0.1, 0.15) is 35.6 Å². The van der Waals surface area contributed by atoms with E-state index in [0.717, 1.165) is 11.1 Å². The predicted octanol–water partition coefficient (Wildman–Crippen LogP) is -2.69. The molecule has 1 unspecified atom stereocenters. The molecule has 1 aliphatic carbocycles. The quantitative estimate of drug-likeness (QED) is 0.153. The van der Waals surface area contributed by atoms with Crippen molar-refractivity contribution in [2.45, 2.75) is 80.0 Å². The number of aliphatic hydroxyl groups excluding tert-OH is 9. The third kappa shape index (κ3) is 6.26. The number of hydrogen-bond donors (Lipinski definition) is 10. The molecule has 2 aliphatic heterocycles. The Morgan fingerprint density at radius 1 is 0.667 bits per heavy atom. The van der Waals surface area contributed by atoms with Gasteiger partial charge in [-0.2, -0.15) is 0 Å². The molecule has 2 aromatic carbocycles. The van der Waals surface area contributed by atoms with Gasteiger partial charge in [0.05, 0.1) is 13.2 Å². The topological polar surface area (TPSA) is 221 Å². The van der Waals surface area contributed by atoms with Crippen LogP contribution >= 0.6 is 0 Å². The Morgan fingerprint density at radius 3 is 1.47 bits per heavy atom. The molecule has 11 atom stereocenters. The SMILES string of the molecule is CC(CO)CC1(O)c2cc(C#C[C@H]3O[C@H](CO)[C@@H](O)[C@H](O)[C@@H]3O)ccc2-c2ccc(C#C[C@H]3O[C@H](CO)[C@@H](O)[C@H](O)[C@@H]3O)cc21. The predicted molar refractivity (Wildman–Crippen MR) is 157 cm³/mol. The van der Waals surface area contributed by atoms with Crippen LogP contribution in [0.15, 0.2) is 36.4 Å². The minimum absolute atomic E-state index is 0.149. The molecule has 45 heavy (non-hydrogen) atoms. The van der Waals surface area contributed by atoms with E-state index in [-0.39, 0.29) is 18.9 Å². The van der Waals surface area contributed by atoms with Crippen molar-refractivity contribution in [3.05, 3.63) is 58.7 Å². The average molecular weight is 627 g/mol. The van der Waals surface area contributed by atoms with E-state index in [1.165, 1.54) is 0 Å². The zero-order chi connectivity index (χ0) is 32.6. The minimum atomic E-state index is -1.56. The minimum Gasteiger partial charge on any atom is -0.396 e. The van der Waals surface area contributed by atoms with E-state index in [9.17, 15) is 51.1 Å². The zero-order valence-corrected chi connectivity index (χ0v) is 24.4. The van der Waals surface area contributed by atoms with Crippen molar-refractivity contribution >= 4 is 0 Å². The zero-order valence-electron chi connectivity index (χ0n) is 24.4. The van der Waals surface area contributed by atoms with E-state index in [1.807, 2.05) is 0 Å². The van der Waals surface area contributed by atoms with Crippen LogP contribution in [0.2, 0.25) is 0 Å². The molecule has 2 fully saturated rings. The molecule has 2 aromatic rings.